The number of rotatable bonds is 21. The van der Waals surface area contributed by atoms with E-state index < -0.39 is 47.1 Å². The van der Waals surface area contributed by atoms with E-state index >= 15 is 0 Å². The van der Waals surface area contributed by atoms with E-state index in [4.69, 9.17) is 14.2 Å². The fourth-order valence-corrected chi connectivity index (χ4v) is 8.97. The van der Waals surface area contributed by atoms with E-state index in [9.17, 15) is 24.0 Å². The van der Waals surface area contributed by atoms with E-state index in [1.165, 1.54) is 0 Å². The van der Waals surface area contributed by atoms with E-state index in [1.54, 1.807) is 19.1 Å². The average molecular weight is 812 g/mol. The zero-order chi connectivity index (χ0) is 43.5. The van der Waals surface area contributed by atoms with Gasteiger partial charge in [0, 0.05) is 52.5 Å². The highest BCUT2D eigenvalue weighted by molar-refractivity contribution is 5.92. The van der Waals surface area contributed by atoms with Crippen LogP contribution in [0.5, 0.6) is 0 Å². The number of carbonyl (C=O) groups excluding carboxylic acids is 5. The first kappa shape index (κ1) is 49.2. The van der Waals surface area contributed by atoms with E-state index in [2.05, 4.69) is 0 Å². The molecule has 0 unspecified atom stereocenters. The third kappa shape index (κ3) is 13.2. The molecule has 58 heavy (non-hydrogen) atoms. The number of Topliss-reactive ketones (excluding diaryl/α,β-unsaturated/α-hetero) is 2. The molecule has 11 nitrogen and oxygen atoms in total. The number of likely N-dealkylation sites (N-methyl/N-ethyl adjacent to an activating group) is 2. The Bertz CT molecular complexity index is 1500. The largest absolute Gasteiger partial charge is 0.460 e. The number of benzene rings is 1. The maximum Gasteiger partial charge on any atom is 0.310 e. The van der Waals surface area contributed by atoms with Gasteiger partial charge < -0.3 is 24.0 Å². The Hall–Kier alpha value is -3.15. The molecule has 2 amide bonds. The topological polar surface area (TPSA) is 123 Å². The minimum absolute atomic E-state index is 0.00368. The lowest BCUT2D eigenvalue weighted by atomic mass is 9.78. The highest BCUT2D eigenvalue weighted by atomic mass is 16.6. The smallest absolute Gasteiger partial charge is 0.310 e. The van der Waals surface area contributed by atoms with Gasteiger partial charge in [0.15, 0.2) is 5.78 Å². The molecule has 0 bridgehead atoms. The fraction of sp³-hybridized carbons (Fsp3) is 0.766. The first-order valence-corrected chi connectivity index (χ1v) is 21.8. The van der Waals surface area contributed by atoms with Crippen molar-refractivity contribution in [3.05, 3.63) is 35.9 Å². The molecule has 2 aliphatic rings. The summed E-state index contributed by atoms with van der Waals surface area (Å²) in [5, 5.41) is 0. The molecule has 1 aliphatic carbocycles. The lowest BCUT2D eigenvalue weighted by Gasteiger charge is -2.43. The second-order valence-electron chi connectivity index (χ2n) is 19.1. The lowest BCUT2D eigenvalue weighted by molar-refractivity contribution is -0.161. The van der Waals surface area contributed by atoms with Gasteiger partial charge in [-0.15, -0.1) is 0 Å². The van der Waals surface area contributed by atoms with Crippen LogP contribution in [0, 0.1) is 29.6 Å². The predicted octanol–water partition coefficient (Wildman–Crippen LogP) is 7.17. The standard InChI is InChI=1S/C47H77N3O8/c1-31(2)36(29-40(52)47(7,8)48(9)10)44(54)49(11)42(34-23-18-15-19-24-34)39(56-12)30-41(53)50-26-20-25-37(50)43(57-13)32(3)38(51)28-35(45(55)58-46(4,5)6)27-33-21-16-14-17-22-33/h14,16-17,21-22,31-32,34-37,39,42-43H,15,18-20,23-30H2,1-13H3/t32-,35+,36-,37-,39+,42-,43+/m0/s1. The van der Waals surface area contributed by atoms with Crippen molar-refractivity contribution < 1.29 is 38.2 Å². The number of ether oxygens (including phenoxy) is 3. The van der Waals surface area contributed by atoms with Gasteiger partial charge in [-0.1, -0.05) is 70.4 Å². The number of ketones is 2. The van der Waals surface area contributed by atoms with E-state index in [0.717, 1.165) is 44.1 Å². The molecule has 2 fully saturated rings. The van der Waals surface area contributed by atoms with Crippen molar-refractivity contribution in [1.29, 1.82) is 0 Å². The molecular weight excluding hydrogens is 735 g/mol. The third-order valence-corrected chi connectivity index (χ3v) is 13.1. The maximum atomic E-state index is 14.5. The first-order chi connectivity index (χ1) is 27.1. The second kappa shape index (κ2) is 21.9. The molecule has 1 heterocycles. The van der Waals surface area contributed by atoms with Crippen LogP contribution in [0.3, 0.4) is 0 Å². The Kier molecular flexibility index (Phi) is 18.6. The number of carbonyl (C=O) groups is 5. The number of esters is 1. The van der Waals surface area contributed by atoms with Crippen LogP contribution in [0.2, 0.25) is 0 Å². The molecule has 0 N–H and O–H groups in total. The number of hydrogen-bond acceptors (Lipinski definition) is 9. The van der Waals surface area contributed by atoms with Crippen LogP contribution < -0.4 is 0 Å². The summed E-state index contributed by atoms with van der Waals surface area (Å²) in [5.41, 5.74) is -0.466. The quantitative estimate of drug-likeness (QED) is 0.119. The van der Waals surface area contributed by atoms with Gasteiger partial charge in [0.25, 0.3) is 0 Å². The van der Waals surface area contributed by atoms with Crippen LogP contribution in [0.15, 0.2) is 30.3 Å². The molecular formula is C47H77N3O8. The number of methoxy groups -OCH3 is 2. The van der Waals surface area contributed by atoms with E-state index in [-0.39, 0.29) is 66.6 Å². The van der Waals surface area contributed by atoms with Gasteiger partial charge in [-0.05, 0) is 98.2 Å². The number of likely N-dealkylation sites (tertiary alicyclic amines) is 1. The fourth-order valence-electron chi connectivity index (χ4n) is 8.97. The van der Waals surface area contributed by atoms with Crippen molar-refractivity contribution in [2.24, 2.45) is 29.6 Å². The van der Waals surface area contributed by atoms with Gasteiger partial charge in [-0.2, -0.15) is 0 Å². The highest BCUT2D eigenvalue weighted by Crippen LogP contribution is 2.36. The molecule has 3 rings (SSSR count). The summed E-state index contributed by atoms with van der Waals surface area (Å²) < 4.78 is 18.0. The number of amides is 2. The molecule has 1 saturated heterocycles. The van der Waals surface area contributed by atoms with Crippen LogP contribution in [0.25, 0.3) is 0 Å². The van der Waals surface area contributed by atoms with Gasteiger partial charge in [-0.25, -0.2) is 0 Å². The van der Waals surface area contributed by atoms with E-state index in [1.807, 2.05) is 117 Å². The van der Waals surface area contributed by atoms with Crippen molar-refractivity contribution in [1.82, 2.24) is 14.7 Å². The molecule has 11 heteroatoms. The Morgan fingerprint density at radius 3 is 1.97 bits per heavy atom. The Morgan fingerprint density at radius 1 is 0.810 bits per heavy atom. The minimum Gasteiger partial charge on any atom is -0.460 e. The van der Waals surface area contributed by atoms with Gasteiger partial charge in [0.05, 0.1) is 42.2 Å². The summed E-state index contributed by atoms with van der Waals surface area (Å²) in [5.74, 6) is -2.38. The monoisotopic (exact) mass is 812 g/mol. The number of nitrogens with zero attached hydrogens (tertiary/aromatic N) is 3. The van der Waals surface area contributed by atoms with Gasteiger partial charge in [0.1, 0.15) is 11.4 Å². The highest BCUT2D eigenvalue weighted by Gasteiger charge is 2.45. The summed E-state index contributed by atoms with van der Waals surface area (Å²) in [6.45, 7) is 15.6. The van der Waals surface area contributed by atoms with Crippen molar-refractivity contribution in [2.75, 3.05) is 41.9 Å². The zero-order valence-corrected chi connectivity index (χ0v) is 38.2. The molecule has 7 atom stereocenters. The zero-order valence-electron chi connectivity index (χ0n) is 38.2. The van der Waals surface area contributed by atoms with Crippen molar-refractivity contribution in [3.63, 3.8) is 0 Å². The first-order valence-electron chi connectivity index (χ1n) is 21.8. The Balaban J connectivity index is 1.84. The van der Waals surface area contributed by atoms with E-state index in [0.29, 0.717) is 19.4 Å². The molecule has 1 aromatic carbocycles. The SMILES string of the molecule is CO[C@H]([C@@H](C)C(=O)C[C@@H](Cc1ccccc1)C(=O)OC(C)(C)C)[C@@H]1CCCN1C(=O)C[C@@H](OC)[C@H](C1CCCCC1)N(C)C(=O)[C@@H](CC(=O)C(C)(C)N(C)C)C(C)C. The van der Waals surface area contributed by atoms with Gasteiger partial charge in [-0.3, -0.25) is 28.9 Å². The normalized spacial score (nSPS) is 20.0. The molecule has 1 aromatic rings. The number of hydrogen-bond donors (Lipinski definition) is 0. The second-order valence-corrected chi connectivity index (χ2v) is 19.1. The third-order valence-electron chi connectivity index (χ3n) is 13.1. The van der Waals surface area contributed by atoms with Crippen LogP contribution in [-0.4, -0.2) is 121 Å². The van der Waals surface area contributed by atoms with Crippen LogP contribution in [-0.2, 0) is 44.6 Å². The van der Waals surface area contributed by atoms with Gasteiger partial charge >= 0.3 is 5.97 Å². The van der Waals surface area contributed by atoms with Crippen molar-refractivity contribution in [2.45, 2.75) is 161 Å². The Labute approximate surface area is 350 Å². The summed E-state index contributed by atoms with van der Waals surface area (Å²) in [6.07, 6.45) is 5.97. The van der Waals surface area contributed by atoms with Crippen molar-refractivity contribution >= 4 is 29.4 Å². The molecule has 1 saturated carbocycles. The predicted molar refractivity (Wildman–Crippen MR) is 228 cm³/mol. The van der Waals surface area contributed by atoms with Crippen molar-refractivity contribution in [3.8, 4) is 0 Å². The maximum absolute atomic E-state index is 14.5. The van der Waals surface area contributed by atoms with Crippen LogP contribution in [0.4, 0.5) is 0 Å². The molecule has 0 aromatic heterocycles. The molecule has 0 radical (unpaired) electrons. The lowest BCUT2D eigenvalue weighted by Crippen LogP contribution is -2.55. The van der Waals surface area contributed by atoms with Gasteiger partial charge in [0.2, 0.25) is 11.8 Å². The van der Waals surface area contributed by atoms with Crippen LogP contribution in [0.1, 0.15) is 125 Å². The molecule has 0 spiro atoms. The summed E-state index contributed by atoms with van der Waals surface area (Å²) in [7, 11) is 8.78. The summed E-state index contributed by atoms with van der Waals surface area (Å²) >= 11 is 0. The average Bonchev–Trinajstić information content (AvgIpc) is 3.65. The Morgan fingerprint density at radius 2 is 1.43 bits per heavy atom. The summed E-state index contributed by atoms with van der Waals surface area (Å²) in [4.78, 5) is 75.6. The molecule has 1 aliphatic heterocycles. The summed E-state index contributed by atoms with van der Waals surface area (Å²) in [6, 6.07) is 8.95. The van der Waals surface area contributed by atoms with Crippen LogP contribution >= 0.6 is 0 Å². The minimum atomic E-state index is -0.716. The molecule has 328 valence electrons.